The summed E-state index contributed by atoms with van der Waals surface area (Å²) in [7, 11) is 1.84. The van der Waals surface area contributed by atoms with Gasteiger partial charge in [-0.05, 0) is 23.9 Å². The van der Waals surface area contributed by atoms with Gasteiger partial charge in [0.15, 0.2) is 11.7 Å². The third kappa shape index (κ3) is 3.92. The van der Waals surface area contributed by atoms with E-state index in [-0.39, 0.29) is 5.91 Å². The molecule has 0 spiro atoms. The minimum absolute atomic E-state index is 0.0993. The zero-order valence-corrected chi connectivity index (χ0v) is 14.7. The molecule has 1 aromatic carbocycles. The van der Waals surface area contributed by atoms with Gasteiger partial charge in [0, 0.05) is 30.3 Å². The molecule has 0 atom stereocenters. The highest BCUT2D eigenvalue weighted by Crippen LogP contribution is 2.21. The number of benzene rings is 1. The molecule has 5 heteroatoms. The van der Waals surface area contributed by atoms with Crippen LogP contribution in [0.5, 0.6) is 0 Å². The Labute approximate surface area is 145 Å². The number of hydrogen-bond acceptors (Lipinski definition) is 4. The van der Waals surface area contributed by atoms with Crippen LogP contribution in [0.15, 0.2) is 52.4 Å². The summed E-state index contributed by atoms with van der Waals surface area (Å²) < 4.78 is 5.75. The summed E-state index contributed by atoms with van der Waals surface area (Å²) >= 11 is 1.69. The van der Waals surface area contributed by atoms with Crippen molar-refractivity contribution in [2.45, 2.75) is 26.3 Å². The number of carbonyl (C=O) groups excluding carboxylic acids is 1. The number of nitrogens with zero attached hydrogens (tertiary/aromatic N) is 2. The van der Waals surface area contributed by atoms with Gasteiger partial charge in [-0.3, -0.25) is 4.79 Å². The van der Waals surface area contributed by atoms with Crippen molar-refractivity contribution in [1.82, 2.24) is 9.88 Å². The van der Waals surface area contributed by atoms with Gasteiger partial charge in [0.05, 0.1) is 12.7 Å². The fourth-order valence-corrected chi connectivity index (χ4v) is 3.39. The van der Waals surface area contributed by atoms with Gasteiger partial charge in [0.2, 0.25) is 5.91 Å². The predicted molar refractivity (Wildman–Crippen MR) is 95.8 cm³/mol. The molecule has 2 heterocycles. The number of aryl methyl sites for hydroxylation is 2. The highest BCUT2D eigenvalue weighted by Gasteiger charge is 2.13. The summed E-state index contributed by atoms with van der Waals surface area (Å²) in [6.07, 6.45) is 2.63. The molecule has 24 heavy (non-hydrogen) atoms. The summed E-state index contributed by atoms with van der Waals surface area (Å²) in [6.45, 7) is 2.73. The number of carbonyl (C=O) groups is 1. The second-order valence-corrected chi connectivity index (χ2v) is 6.76. The van der Waals surface area contributed by atoms with Crippen LogP contribution in [0.1, 0.15) is 22.8 Å². The number of amides is 1. The summed E-state index contributed by atoms with van der Waals surface area (Å²) in [5, 5.41) is 2.06. The third-order valence-electron chi connectivity index (χ3n) is 3.94. The van der Waals surface area contributed by atoms with E-state index in [2.05, 4.69) is 23.4 Å². The molecule has 0 saturated heterocycles. The first-order valence-electron chi connectivity index (χ1n) is 7.90. The molecule has 4 nitrogen and oxygen atoms in total. The largest absolute Gasteiger partial charge is 0.441 e. The van der Waals surface area contributed by atoms with Gasteiger partial charge in [0.1, 0.15) is 0 Å². The topological polar surface area (TPSA) is 46.3 Å². The van der Waals surface area contributed by atoms with Crippen LogP contribution < -0.4 is 0 Å². The first-order valence-corrected chi connectivity index (χ1v) is 8.78. The van der Waals surface area contributed by atoms with Crippen LogP contribution in [0.25, 0.3) is 11.3 Å². The van der Waals surface area contributed by atoms with Crippen molar-refractivity contribution in [2.75, 3.05) is 7.05 Å². The quantitative estimate of drug-likeness (QED) is 0.672. The number of aromatic nitrogens is 1. The van der Waals surface area contributed by atoms with Crippen molar-refractivity contribution in [3.8, 4) is 11.3 Å². The molecule has 0 unspecified atom stereocenters. The lowest BCUT2D eigenvalue weighted by Gasteiger charge is -2.16. The summed E-state index contributed by atoms with van der Waals surface area (Å²) in [5.74, 6) is 1.44. The predicted octanol–water partition coefficient (Wildman–Crippen LogP) is 4.30. The van der Waals surface area contributed by atoms with Crippen molar-refractivity contribution in [2.24, 2.45) is 0 Å². The monoisotopic (exact) mass is 340 g/mol. The number of hydrogen-bond donors (Lipinski definition) is 0. The van der Waals surface area contributed by atoms with E-state index in [0.29, 0.717) is 25.3 Å². The average Bonchev–Trinajstić information content (AvgIpc) is 3.23. The first-order chi connectivity index (χ1) is 11.6. The lowest BCUT2D eigenvalue weighted by atomic mass is 10.2. The van der Waals surface area contributed by atoms with Gasteiger partial charge in [0.25, 0.3) is 0 Å². The molecule has 0 aliphatic heterocycles. The van der Waals surface area contributed by atoms with E-state index in [1.54, 1.807) is 22.4 Å². The van der Waals surface area contributed by atoms with Crippen molar-refractivity contribution in [3.05, 3.63) is 64.3 Å². The summed E-state index contributed by atoms with van der Waals surface area (Å²) in [5.41, 5.74) is 2.23. The minimum atomic E-state index is 0.0993. The fourth-order valence-electron chi connectivity index (χ4n) is 2.44. The van der Waals surface area contributed by atoms with E-state index in [9.17, 15) is 4.79 Å². The van der Waals surface area contributed by atoms with Crippen molar-refractivity contribution < 1.29 is 9.21 Å². The Morgan fingerprint density at radius 1 is 1.25 bits per heavy atom. The third-order valence-corrected chi connectivity index (χ3v) is 4.95. The fraction of sp³-hybridized carbons (Fsp3) is 0.263. The normalized spacial score (nSPS) is 10.8. The highest BCUT2D eigenvalue weighted by molar-refractivity contribution is 7.10. The van der Waals surface area contributed by atoms with Crippen molar-refractivity contribution in [3.63, 3.8) is 0 Å². The van der Waals surface area contributed by atoms with E-state index in [4.69, 9.17) is 4.42 Å². The second-order valence-electron chi connectivity index (χ2n) is 5.76. The molecule has 0 radical (unpaired) electrons. The molecule has 0 bridgehead atoms. The van der Waals surface area contributed by atoms with Crippen LogP contribution in [-0.4, -0.2) is 22.8 Å². The van der Waals surface area contributed by atoms with Gasteiger partial charge >= 0.3 is 0 Å². The van der Waals surface area contributed by atoms with Gasteiger partial charge < -0.3 is 9.32 Å². The lowest BCUT2D eigenvalue weighted by molar-refractivity contribution is -0.130. The van der Waals surface area contributed by atoms with Crippen LogP contribution >= 0.6 is 11.3 Å². The Hall–Kier alpha value is -2.40. The zero-order chi connectivity index (χ0) is 16.9. The number of rotatable bonds is 6. The molecule has 3 rings (SSSR count). The van der Waals surface area contributed by atoms with Crippen LogP contribution in [-0.2, 0) is 17.8 Å². The number of thiophene rings is 1. The van der Waals surface area contributed by atoms with E-state index >= 15 is 0 Å². The van der Waals surface area contributed by atoms with Crippen LogP contribution in [0.4, 0.5) is 0 Å². The zero-order valence-electron chi connectivity index (χ0n) is 13.9. The molecule has 0 aliphatic carbocycles. The van der Waals surface area contributed by atoms with Crippen LogP contribution in [0.3, 0.4) is 0 Å². The highest BCUT2D eigenvalue weighted by atomic mass is 32.1. The summed E-state index contributed by atoms with van der Waals surface area (Å²) in [6, 6.07) is 11.9. The molecular weight excluding hydrogens is 320 g/mol. The van der Waals surface area contributed by atoms with Crippen molar-refractivity contribution in [1.29, 1.82) is 0 Å². The maximum Gasteiger partial charge on any atom is 0.223 e. The molecule has 0 fully saturated rings. The molecule has 2 aromatic heterocycles. The molecule has 0 aliphatic rings. The smallest absolute Gasteiger partial charge is 0.223 e. The Bertz CT molecular complexity index is 808. The average molecular weight is 340 g/mol. The molecule has 3 aromatic rings. The van der Waals surface area contributed by atoms with E-state index in [1.165, 1.54) is 10.4 Å². The maximum atomic E-state index is 12.3. The second kappa shape index (κ2) is 7.45. The minimum Gasteiger partial charge on any atom is -0.441 e. The summed E-state index contributed by atoms with van der Waals surface area (Å²) in [4.78, 5) is 19.6. The molecule has 0 N–H and O–H groups in total. The standard InChI is InChI=1S/C19H20N2O2S/c1-14-10-11-24-17(14)13-21(2)19(22)9-8-18-20-12-16(23-18)15-6-4-3-5-7-15/h3-7,10-12H,8-9,13H2,1-2H3. The molecule has 1 amide bonds. The first kappa shape index (κ1) is 16.5. The Morgan fingerprint density at radius 2 is 2.04 bits per heavy atom. The van der Waals surface area contributed by atoms with Gasteiger partial charge in [-0.25, -0.2) is 4.98 Å². The van der Waals surface area contributed by atoms with Crippen LogP contribution in [0, 0.1) is 6.92 Å². The van der Waals surface area contributed by atoms with E-state index < -0.39 is 0 Å². The van der Waals surface area contributed by atoms with Crippen molar-refractivity contribution >= 4 is 17.2 Å². The maximum absolute atomic E-state index is 12.3. The Balaban J connectivity index is 1.55. The van der Waals surface area contributed by atoms with E-state index in [0.717, 1.165) is 11.3 Å². The van der Waals surface area contributed by atoms with E-state index in [1.807, 2.05) is 37.4 Å². The molecule has 124 valence electrons. The molecular formula is C19H20N2O2S. The van der Waals surface area contributed by atoms with Gasteiger partial charge in [-0.2, -0.15) is 0 Å². The van der Waals surface area contributed by atoms with Gasteiger partial charge in [-0.15, -0.1) is 11.3 Å². The van der Waals surface area contributed by atoms with Gasteiger partial charge in [-0.1, -0.05) is 30.3 Å². The Morgan fingerprint density at radius 3 is 2.75 bits per heavy atom. The Kier molecular flexibility index (Phi) is 5.11. The lowest BCUT2D eigenvalue weighted by Crippen LogP contribution is -2.26. The van der Waals surface area contributed by atoms with Crippen LogP contribution in [0.2, 0.25) is 0 Å². The number of oxazole rings is 1. The SMILES string of the molecule is Cc1ccsc1CN(C)C(=O)CCc1ncc(-c2ccccc2)o1. The molecule has 0 saturated carbocycles.